The van der Waals surface area contributed by atoms with Crippen LogP contribution in [0.15, 0.2) is 12.1 Å². The van der Waals surface area contributed by atoms with Gasteiger partial charge in [0.15, 0.2) is 0 Å². The van der Waals surface area contributed by atoms with Crippen LogP contribution in [-0.4, -0.2) is 19.0 Å². The van der Waals surface area contributed by atoms with Gasteiger partial charge < -0.3 is 16.0 Å². The van der Waals surface area contributed by atoms with E-state index in [0.29, 0.717) is 17.3 Å². The average molecular weight is 264 g/mol. The van der Waals surface area contributed by atoms with Crippen molar-refractivity contribution in [1.82, 2.24) is 0 Å². The monoisotopic (exact) mass is 263 g/mol. The van der Waals surface area contributed by atoms with Crippen molar-refractivity contribution < 1.29 is 4.79 Å². The Morgan fingerprint density at radius 2 is 2.33 bits per heavy atom. The second kappa shape index (κ2) is 4.89. The molecule has 18 heavy (non-hydrogen) atoms. The fourth-order valence-electron chi connectivity index (χ4n) is 2.01. The number of hydrogen-bond donors (Lipinski definition) is 2. The lowest BCUT2D eigenvalue weighted by molar-refractivity contribution is -0.116. The largest absolute Gasteiger partial charge is 0.359 e. The number of nitrogens with two attached hydrogens (primary N) is 1. The maximum atomic E-state index is 11.5. The summed E-state index contributed by atoms with van der Waals surface area (Å²) >= 11 is 6.23. The van der Waals surface area contributed by atoms with Crippen molar-refractivity contribution >= 4 is 28.9 Å². The molecule has 5 heteroatoms. The molecule has 94 valence electrons. The minimum atomic E-state index is -0.644. The number of amides is 1. The van der Waals surface area contributed by atoms with Crippen LogP contribution in [0.2, 0.25) is 5.02 Å². The smallest absolute Gasteiger partial charge is 0.245 e. The molecule has 1 unspecified atom stereocenters. The van der Waals surface area contributed by atoms with E-state index in [9.17, 15) is 4.79 Å². The normalized spacial score (nSPS) is 17.0. The number of terminal acetylenes is 1. The van der Waals surface area contributed by atoms with Crippen LogP contribution in [-0.2, 0) is 4.79 Å². The maximum Gasteiger partial charge on any atom is 0.245 e. The van der Waals surface area contributed by atoms with Crippen LogP contribution in [0.1, 0.15) is 18.5 Å². The van der Waals surface area contributed by atoms with Crippen molar-refractivity contribution in [3.05, 3.63) is 22.7 Å². The van der Waals surface area contributed by atoms with Crippen molar-refractivity contribution in [2.45, 2.75) is 13.0 Å². The van der Waals surface area contributed by atoms with Crippen LogP contribution in [0, 0.1) is 12.3 Å². The van der Waals surface area contributed by atoms with E-state index in [0.717, 1.165) is 17.8 Å². The molecule has 1 aromatic rings. The number of hydrogen-bond acceptors (Lipinski definition) is 3. The van der Waals surface area contributed by atoms with Crippen molar-refractivity contribution in [3.8, 4) is 12.3 Å². The lowest BCUT2D eigenvalue weighted by Gasteiger charge is -2.22. The molecule has 1 aromatic carbocycles. The van der Waals surface area contributed by atoms with Gasteiger partial charge in [0, 0.05) is 17.8 Å². The third kappa shape index (κ3) is 2.03. The minimum absolute atomic E-state index is 0.210. The molecule has 2 rings (SSSR count). The number of carbonyl (C=O) groups excluding carboxylic acids is 1. The van der Waals surface area contributed by atoms with Crippen molar-refractivity contribution in [2.24, 2.45) is 5.73 Å². The second-order valence-corrected chi connectivity index (χ2v) is 4.48. The van der Waals surface area contributed by atoms with Gasteiger partial charge in [0.25, 0.3) is 0 Å². The SMILES string of the molecule is C#CCN(CC)c1cc2c(cc1Cl)C(N)C(=O)N2. The van der Waals surface area contributed by atoms with E-state index in [1.807, 2.05) is 17.9 Å². The standard InChI is InChI=1S/C13H14ClN3O/c1-3-5-17(4-2)11-7-10-8(6-9(11)14)12(15)13(18)16-10/h1,6-7,12H,4-5,15H2,2H3,(H,16,18). The number of nitrogens with one attached hydrogen (secondary N) is 1. The Bertz CT molecular complexity index is 536. The molecule has 0 bridgehead atoms. The molecule has 1 amide bonds. The van der Waals surface area contributed by atoms with E-state index in [1.165, 1.54) is 0 Å². The van der Waals surface area contributed by atoms with E-state index < -0.39 is 6.04 Å². The Morgan fingerprint density at radius 1 is 1.61 bits per heavy atom. The summed E-state index contributed by atoms with van der Waals surface area (Å²) in [5, 5.41) is 3.29. The summed E-state index contributed by atoms with van der Waals surface area (Å²) in [4.78, 5) is 13.5. The van der Waals surface area contributed by atoms with Crippen LogP contribution >= 0.6 is 11.6 Å². The first kappa shape index (κ1) is 12.7. The fourth-order valence-corrected chi connectivity index (χ4v) is 2.31. The molecule has 0 fully saturated rings. The van der Waals surface area contributed by atoms with Gasteiger partial charge in [0.05, 0.1) is 17.3 Å². The molecule has 0 saturated carbocycles. The van der Waals surface area contributed by atoms with Gasteiger partial charge >= 0.3 is 0 Å². The van der Waals surface area contributed by atoms with E-state index in [-0.39, 0.29) is 5.91 Å². The number of benzene rings is 1. The first-order valence-corrected chi connectivity index (χ1v) is 6.04. The van der Waals surface area contributed by atoms with Gasteiger partial charge in [-0.05, 0) is 19.1 Å². The summed E-state index contributed by atoms with van der Waals surface area (Å²) in [7, 11) is 0. The Kier molecular flexibility index (Phi) is 3.46. The molecule has 0 saturated heterocycles. The van der Waals surface area contributed by atoms with Gasteiger partial charge in [-0.15, -0.1) is 6.42 Å². The van der Waals surface area contributed by atoms with Gasteiger partial charge in [-0.2, -0.15) is 0 Å². The third-order valence-electron chi connectivity index (χ3n) is 3.00. The number of anilines is 2. The van der Waals surface area contributed by atoms with E-state index in [1.54, 1.807) is 6.07 Å². The Morgan fingerprint density at radius 3 is 2.94 bits per heavy atom. The molecule has 0 spiro atoms. The summed E-state index contributed by atoms with van der Waals surface area (Å²) in [5.41, 5.74) is 8.01. The Balaban J connectivity index is 2.44. The van der Waals surface area contributed by atoms with Gasteiger partial charge in [0.1, 0.15) is 6.04 Å². The Labute approximate surface area is 111 Å². The maximum absolute atomic E-state index is 11.5. The highest BCUT2D eigenvalue weighted by atomic mass is 35.5. The summed E-state index contributed by atoms with van der Waals surface area (Å²) in [6.45, 7) is 3.20. The molecule has 1 aliphatic rings. The molecule has 0 aliphatic carbocycles. The van der Waals surface area contributed by atoms with Crippen LogP contribution in [0.25, 0.3) is 0 Å². The predicted octanol–water partition coefficient (Wildman–Crippen LogP) is 1.75. The molecule has 3 N–H and O–H groups in total. The third-order valence-corrected chi connectivity index (χ3v) is 3.30. The summed E-state index contributed by atoms with van der Waals surface area (Å²) < 4.78 is 0. The number of carbonyl (C=O) groups is 1. The molecule has 1 aliphatic heterocycles. The fraction of sp³-hybridized carbons (Fsp3) is 0.308. The molecule has 1 atom stereocenters. The average Bonchev–Trinajstić information content (AvgIpc) is 2.62. The number of nitrogens with zero attached hydrogens (tertiary/aromatic N) is 1. The van der Waals surface area contributed by atoms with Crippen LogP contribution < -0.4 is 16.0 Å². The van der Waals surface area contributed by atoms with Gasteiger partial charge in [0.2, 0.25) is 5.91 Å². The molecule has 0 radical (unpaired) electrons. The highest BCUT2D eigenvalue weighted by molar-refractivity contribution is 6.33. The first-order chi connectivity index (χ1) is 8.58. The second-order valence-electron chi connectivity index (χ2n) is 4.08. The lowest BCUT2D eigenvalue weighted by Crippen LogP contribution is -2.23. The van der Waals surface area contributed by atoms with Crippen LogP contribution in [0.3, 0.4) is 0 Å². The van der Waals surface area contributed by atoms with Crippen LogP contribution in [0.4, 0.5) is 11.4 Å². The molecular formula is C13H14ClN3O. The van der Waals surface area contributed by atoms with Crippen molar-refractivity contribution in [1.29, 1.82) is 0 Å². The molecule has 4 nitrogen and oxygen atoms in total. The topological polar surface area (TPSA) is 58.4 Å². The summed E-state index contributed by atoms with van der Waals surface area (Å²) in [5.74, 6) is 2.37. The van der Waals surface area contributed by atoms with Gasteiger partial charge in [-0.3, -0.25) is 4.79 Å². The zero-order chi connectivity index (χ0) is 13.3. The zero-order valence-electron chi connectivity index (χ0n) is 10.0. The highest BCUT2D eigenvalue weighted by Gasteiger charge is 2.28. The quantitative estimate of drug-likeness (QED) is 0.817. The van der Waals surface area contributed by atoms with E-state index in [2.05, 4.69) is 11.2 Å². The minimum Gasteiger partial charge on any atom is -0.359 e. The van der Waals surface area contributed by atoms with Gasteiger partial charge in [-0.1, -0.05) is 17.5 Å². The summed E-state index contributed by atoms with van der Waals surface area (Å²) in [6, 6.07) is 2.91. The number of rotatable bonds is 3. The Hall–Kier alpha value is -1.70. The van der Waals surface area contributed by atoms with Crippen molar-refractivity contribution in [3.63, 3.8) is 0 Å². The molecular weight excluding hydrogens is 250 g/mol. The predicted molar refractivity (Wildman–Crippen MR) is 73.7 cm³/mol. The summed E-state index contributed by atoms with van der Waals surface area (Å²) in [6.07, 6.45) is 5.32. The van der Waals surface area contributed by atoms with E-state index >= 15 is 0 Å². The van der Waals surface area contributed by atoms with E-state index in [4.69, 9.17) is 23.8 Å². The first-order valence-electron chi connectivity index (χ1n) is 5.66. The van der Waals surface area contributed by atoms with Crippen molar-refractivity contribution in [2.75, 3.05) is 23.3 Å². The lowest BCUT2D eigenvalue weighted by atomic mass is 10.1. The zero-order valence-corrected chi connectivity index (χ0v) is 10.8. The molecule has 1 heterocycles. The highest BCUT2D eigenvalue weighted by Crippen LogP contribution is 2.37. The number of halogens is 1. The van der Waals surface area contributed by atoms with Crippen LogP contribution in [0.5, 0.6) is 0 Å². The van der Waals surface area contributed by atoms with Gasteiger partial charge in [-0.25, -0.2) is 0 Å². The molecule has 0 aromatic heterocycles. The number of fused-ring (bicyclic) bond motifs is 1.